The first-order valence-electron chi connectivity index (χ1n) is 9.09. The van der Waals surface area contributed by atoms with Gasteiger partial charge in [-0.1, -0.05) is 35.9 Å². The van der Waals surface area contributed by atoms with E-state index < -0.39 is 24.4 Å². The van der Waals surface area contributed by atoms with Gasteiger partial charge < -0.3 is 9.47 Å². The van der Waals surface area contributed by atoms with E-state index in [1.807, 2.05) is 30.3 Å². The number of para-hydroxylation sites is 1. The SMILES string of the molecule is COc1ccc(Cl)cc1C(=O)NNC(=O)COC(=O)/C=C/c1cccc2cccnc12. The molecule has 0 unspecified atom stereocenters. The maximum Gasteiger partial charge on any atom is 0.331 e. The van der Waals surface area contributed by atoms with Crippen LogP contribution < -0.4 is 15.6 Å². The Bertz CT molecular complexity index is 1160. The van der Waals surface area contributed by atoms with Gasteiger partial charge in [0.1, 0.15) is 5.75 Å². The van der Waals surface area contributed by atoms with Crippen LogP contribution in [0.1, 0.15) is 15.9 Å². The molecule has 0 saturated heterocycles. The molecule has 1 aromatic heterocycles. The molecule has 0 atom stereocenters. The van der Waals surface area contributed by atoms with Crippen LogP contribution >= 0.6 is 11.6 Å². The number of methoxy groups -OCH3 is 1. The molecule has 2 N–H and O–H groups in total. The molecule has 0 aliphatic carbocycles. The van der Waals surface area contributed by atoms with E-state index in [0.29, 0.717) is 5.02 Å². The Morgan fingerprint density at radius 3 is 2.71 bits per heavy atom. The zero-order valence-electron chi connectivity index (χ0n) is 16.4. The first kappa shape index (κ1) is 21.8. The normalized spacial score (nSPS) is 10.6. The van der Waals surface area contributed by atoms with Crippen LogP contribution in [-0.4, -0.2) is 36.5 Å². The van der Waals surface area contributed by atoms with E-state index in [-0.39, 0.29) is 11.3 Å². The molecule has 0 spiro atoms. The van der Waals surface area contributed by atoms with Gasteiger partial charge in [0.2, 0.25) is 0 Å². The number of carbonyl (C=O) groups is 3. The molecule has 2 amide bonds. The van der Waals surface area contributed by atoms with Crippen LogP contribution in [0.5, 0.6) is 5.75 Å². The van der Waals surface area contributed by atoms with Crippen molar-refractivity contribution in [2.45, 2.75) is 0 Å². The van der Waals surface area contributed by atoms with Crippen molar-refractivity contribution in [3.8, 4) is 5.75 Å². The standard InChI is InChI=1S/C22H18ClN3O5/c1-30-18-9-8-16(23)12-17(18)22(29)26-25-19(27)13-31-20(28)10-7-15-5-2-4-14-6-3-11-24-21(14)15/h2-12H,13H2,1H3,(H,25,27)(H,26,29)/b10-7+. The lowest BCUT2D eigenvalue weighted by Crippen LogP contribution is -2.43. The second kappa shape index (κ2) is 10.2. The molecule has 8 nitrogen and oxygen atoms in total. The largest absolute Gasteiger partial charge is 0.496 e. The number of hydrogen-bond donors (Lipinski definition) is 2. The summed E-state index contributed by atoms with van der Waals surface area (Å²) in [6.07, 6.45) is 4.42. The predicted molar refractivity (Wildman–Crippen MR) is 115 cm³/mol. The van der Waals surface area contributed by atoms with Crippen LogP contribution in [0.2, 0.25) is 5.02 Å². The Morgan fingerprint density at radius 1 is 1.10 bits per heavy atom. The van der Waals surface area contributed by atoms with Crippen LogP contribution in [0.25, 0.3) is 17.0 Å². The topological polar surface area (TPSA) is 107 Å². The van der Waals surface area contributed by atoms with E-state index >= 15 is 0 Å². The number of amides is 2. The number of fused-ring (bicyclic) bond motifs is 1. The zero-order valence-corrected chi connectivity index (χ0v) is 17.2. The van der Waals surface area contributed by atoms with Crippen molar-refractivity contribution in [2.24, 2.45) is 0 Å². The average molecular weight is 440 g/mol. The number of carbonyl (C=O) groups excluding carboxylic acids is 3. The number of aromatic nitrogens is 1. The summed E-state index contributed by atoms with van der Waals surface area (Å²) in [6.45, 7) is -0.579. The summed E-state index contributed by atoms with van der Waals surface area (Å²) in [4.78, 5) is 40.3. The Morgan fingerprint density at radius 2 is 1.90 bits per heavy atom. The number of esters is 1. The third-order valence-corrected chi connectivity index (χ3v) is 4.37. The van der Waals surface area contributed by atoms with Gasteiger partial charge >= 0.3 is 5.97 Å². The molecule has 31 heavy (non-hydrogen) atoms. The van der Waals surface area contributed by atoms with Gasteiger partial charge in [0.25, 0.3) is 11.8 Å². The molecule has 0 aliphatic heterocycles. The van der Waals surface area contributed by atoms with Crippen molar-refractivity contribution in [1.82, 2.24) is 15.8 Å². The maximum absolute atomic E-state index is 12.2. The van der Waals surface area contributed by atoms with Crippen LogP contribution in [-0.2, 0) is 14.3 Å². The maximum atomic E-state index is 12.2. The number of hydrogen-bond acceptors (Lipinski definition) is 6. The summed E-state index contributed by atoms with van der Waals surface area (Å²) in [5.74, 6) is -1.79. The van der Waals surface area contributed by atoms with Crippen LogP contribution in [0.4, 0.5) is 0 Å². The Labute approximate surface area is 182 Å². The van der Waals surface area contributed by atoms with Crippen molar-refractivity contribution in [3.05, 3.63) is 77.0 Å². The van der Waals surface area contributed by atoms with Gasteiger partial charge in [-0.15, -0.1) is 0 Å². The number of benzene rings is 2. The molecule has 0 radical (unpaired) electrons. The molecule has 1 heterocycles. The molecular weight excluding hydrogens is 422 g/mol. The smallest absolute Gasteiger partial charge is 0.331 e. The molecule has 2 aromatic carbocycles. The third kappa shape index (κ3) is 5.80. The molecule has 0 fully saturated rings. The summed E-state index contributed by atoms with van der Waals surface area (Å²) >= 11 is 5.88. The molecular formula is C22H18ClN3O5. The molecule has 3 aromatic rings. The number of pyridine rings is 1. The molecule has 0 aliphatic rings. The highest BCUT2D eigenvalue weighted by Crippen LogP contribution is 2.22. The van der Waals surface area contributed by atoms with Crippen molar-refractivity contribution in [3.63, 3.8) is 0 Å². The highest BCUT2D eigenvalue weighted by molar-refractivity contribution is 6.31. The summed E-state index contributed by atoms with van der Waals surface area (Å²) in [5.41, 5.74) is 5.98. The van der Waals surface area contributed by atoms with E-state index in [2.05, 4.69) is 15.8 Å². The monoisotopic (exact) mass is 439 g/mol. The number of halogens is 1. The van der Waals surface area contributed by atoms with Crippen molar-refractivity contribution >= 4 is 46.4 Å². The molecule has 3 rings (SSSR count). The van der Waals surface area contributed by atoms with E-state index in [4.69, 9.17) is 21.1 Å². The molecule has 0 bridgehead atoms. The van der Waals surface area contributed by atoms with Crippen molar-refractivity contribution in [1.29, 1.82) is 0 Å². The lowest BCUT2D eigenvalue weighted by molar-refractivity contribution is -0.144. The first-order chi connectivity index (χ1) is 15.0. The lowest BCUT2D eigenvalue weighted by Gasteiger charge is -2.10. The van der Waals surface area contributed by atoms with E-state index in [1.165, 1.54) is 25.3 Å². The molecule has 158 valence electrons. The summed E-state index contributed by atoms with van der Waals surface area (Å²) in [7, 11) is 1.40. The summed E-state index contributed by atoms with van der Waals surface area (Å²) in [6, 6.07) is 13.8. The minimum Gasteiger partial charge on any atom is -0.496 e. The van der Waals surface area contributed by atoms with Crippen molar-refractivity contribution in [2.75, 3.05) is 13.7 Å². The number of rotatable bonds is 6. The van der Waals surface area contributed by atoms with Gasteiger partial charge in [-0.25, -0.2) is 4.79 Å². The number of nitrogens with zero attached hydrogens (tertiary/aromatic N) is 1. The summed E-state index contributed by atoms with van der Waals surface area (Å²) < 4.78 is 9.97. The Balaban J connectivity index is 1.50. The Kier molecular flexibility index (Phi) is 7.18. The second-order valence-corrected chi connectivity index (χ2v) is 6.65. The first-order valence-corrected chi connectivity index (χ1v) is 9.47. The highest BCUT2D eigenvalue weighted by atomic mass is 35.5. The van der Waals surface area contributed by atoms with E-state index in [1.54, 1.807) is 18.3 Å². The number of nitrogens with one attached hydrogen (secondary N) is 2. The van der Waals surface area contributed by atoms with Crippen LogP contribution in [0.3, 0.4) is 0 Å². The van der Waals surface area contributed by atoms with Crippen LogP contribution in [0.15, 0.2) is 60.8 Å². The van der Waals surface area contributed by atoms with Gasteiger partial charge in [-0.3, -0.25) is 25.4 Å². The number of hydrazine groups is 1. The van der Waals surface area contributed by atoms with Gasteiger partial charge in [0.15, 0.2) is 6.61 Å². The fraction of sp³-hybridized carbons (Fsp3) is 0.0909. The van der Waals surface area contributed by atoms with Gasteiger partial charge in [0.05, 0.1) is 18.2 Å². The fourth-order valence-electron chi connectivity index (χ4n) is 2.69. The predicted octanol–water partition coefficient (Wildman–Crippen LogP) is 2.91. The van der Waals surface area contributed by atoms with Crippen molar-refractivity contribution < 1.29 is 23.9 Å². The average Bonchev–Trinajstić information content (AvgIpc) is 2.79. The molecule has 0 saturated carbocycles. The lowest BCUT2D eigenvalue weighted by atomic mass is 10.1. The fourth-order valence-corrected chi connectivity index (χ4v) is 2.86. The Hall–Kier alpha value is -3.91. The zero-order chi connectivity index (χ0) is 22.2. The third-order valence-electron chi connectivity index (χ3n) is 4.13. The number of ether oxygens (including phenoxy) is 2. The van der Waals surface area contributed by atoms with E-state index in [9.17, 15) is 14.4 Å². The minimum atomic E-state index is -0.720. The highest BCUT2D eigenvalue weighted by Gasteiger charge is 2.14. The second-order valence-electron chi connectivity index (χ2n) is 6.21. The molecule has 9 heteroatoms. The van der Waals surface area contributed by atoms with Gasteiger partial charge in [-0.05, 0) is 30.3 Å². The van der Waals surface area contributed by atoms with E-state index in [0.717, 1.165) is 16.5 Å². The quantitative estimate of drug-likeness (QED) is 0.347. The minimum absolute atomic E-state index is 0.138. The summed E-state index contributed by atoms with van der Waals surface area (Å²) in [5, 5.41) is 1.27. The van der Waals surface area contributed by atoms with Crippen LogP contribution in [0, 0.1) is 0 Å². The van der Waals surface area contributed by atoms with Gasteiger partial charge in [-0.2, -0.15) is 0 Å². The van der Waals surface area contributed by atoms with Gasteiger partial charge in [0, 0.05) is 28.2 Å².